The molecular formula is C50H84IN5O12. The number of rotatable bonds is 14. The lowest BCUT2D eigenvalue weighted by molar-refractivity contribution is -0.302. The van der Waals surface area contributed by atoms with Gasteiger partial charge in [0.05, 0.1) is 53.8 Å². The Labute approximate surface area is 418 Å². The lowest BCUT2D eigenvalue weighted by atomic mass is 9.68. The van der Waals surface area contributed by atoms with Crippen LogP contribution in [0.25, 0.3) is 0 Å². The molecule has 2 aromatic rings. The van der Waals surface area contributed by atoms with E-state index in [0.29, 0.717) is 39.1 Å². The van der Waals surface area contributed by atoms with Crippen LogP contribution in [0, 0.1) is 27.2 Å². The van der Waals surface area contributed by atoms with Gasteiger partial charge < -0.3 is 63.8 Å². The molecular weight excluding hydrogens is 989 g/mol. The third kappa shape index (κ3) is 13.7. The van der Waals surface area contributed by atoms with E-state index in [9.17, 15) is 30.3 Å². The standard InChI is InChI=1S/C50H84IN5O12/c1-14-40-50(10,62)43(58)33(6)55(12)27-29(2)25-48(8,61)45(31(4)41(32(5)46(60)67-40)39-26-49(9,63-13)44(59)34(7)66-39)68-47-42(57)38(24-30(3)65-47)54(11)22-20-36-28-56(53-52-36)21-15-23-64-37-18-16-35(51)17-19-37/h16-19,28-34,38-45,47,57-59,61-62H,14-15,20-27H2,1-13H3/t29-,30-,31+,32-,33-,34+,38+,39-,40-,41?,42-,43-,44+,45-,47+,48-,49-,50-/m1/s1. The summed E-state index contributed by atoms with van der Waals surface area (Å²) in [6.07, 6.45) is -3.88. The average Bonchev–Trinajstić information content (AvgIpc) is 3.74. The molecule has 3 aliphatic rings. The number of carbonyl (C=O) groups is 1. The molecule has 68 heavy (non-hydrogen) atoms. The van der Waals surface area contributed by atoms with Crippen LogP contribution < -0.4 is 4.74 Å². The van der Waals surface area contributed by atoms with E-state index >= 15 is 0 Å². The highest BCUT2D eigenvalue weighted by Gasteiger charge is 2.55. The number of benzene rings is 1. The minimum atomic E-state index is -1.81. The Bertz CT molecular complexity index is 1880. The Morgan fingerprint density at radius 3 is 2.31 bits per heavy atom. The van der Waals surface area contributed by atoms with Gasteiger partial charge >= 0.3 is 5.97 Å². The SMILES string of the molecule is CC[C@H]1OC(=O)[C@H](C)C([C@H]2C[C@@](C)(OC)[C@@H](O)[C@H](C)O2)[C@H](C)[C@@H](O[C@@H]2O[C@H](C)C[C@H](N(C)CCc3cn(CCCOc4ccc(I)cc4)nn3)[C@H]2O)[C@](C)(O)C[C@@H](C)CN(C)[C@H](C)[C@@H](O)[C@]1(C)O. The Morgan fingerprint density at radius 1 is 0.985 bits per heavy atom. The Kier molecular flexibility index (Phi) is 20.1. The molecule has 18 atom stereocenters. The van der Waals surface area contributed by atoms with Gasteiger partial charge in [-0.2, -0.15) is 0 Å². The van der Waals surface area contributed by atoms with E-state index in [1.165, 1.54) is 14.0 Å². The predicted molar refractivity (Wildman–Crippen MR) is 265 cm³/mol. The largest absolute Gasteiger partial charge is 0.494 e. The van der Waals surface area contributed by atoms with E-state index in [4.69, 9.17) is 28.4 Å². The van der Waals surface area contributed by atoms with Gasteiger partial charge in [-0.05, 0) is 134 Å². The summed E-state index contributed by atoms with van der Waals surface area (Å²) in [4.78, 5) is 18.6. The second-order valence-electron chi connectivity index (χ2n) is 21.1. The van der Waals surface area contributed by atoms with E-state index in [1.54, 1.807) is 27.7 Å². The number of esters is 1. The van der Waals surface area contributed by atoms with Crippen LogP contribution in [0.5, 0.6) is 5.75 Å². The van der Waals surface area contributed by atoms with Gasteiger partial charge in [-0.25, -0.2) is 0 Å². The number of aromatic nitrogens is 3. The minimum absolute atomic E-state index is 0.161. The number of nitrogens with zero attached hydrogens (tertiary/aromatic N) is 5. The van der Waals surface area contributed by atoms with Crippen molar-refractivity contribution in [3.8, 4) is 5.75 Å². The maximum atomic E-state index is 14.6. The van der Waals surface area contributed by atoms with Crippen LogP contribution in [0.3, 0.4) is 0 Å². The Hall–Kier alpha value is -2.08. The third-order valence-electron chi connectivity index (χ3n) is 15.4. The number of aryl methyl sites for hydroxylation is 1. The zero-order valence-electron chi connectivity index (χ0n) is 42.8. The van der Waals surface area contributed by atoms with Crippen LogP contribution in [0.1, 0.15) is 107 Å². The van der Waals surface area contributed by atoms with E-state index in [0.717, 1.165) is 21.4 Å². The van der Waals surface area contributed by atoms with E-state index in [2.05, 4.69) is 37.8 Å². The van der Waals surface area contributed by atoms with Gasteiger partial charge in [0.2, 0.25) is 0 Å². The van der Waals surface area contributed by atoms with E-state index in [-0.39, 0.29) is 37.3 Å². The number of ether oxygens (including phenoxy) is 6. The fourth-order valence-electron chi connectivity index (χ4n) is 11.2. The molecule has 0 spiro atoms. The van der Waals surface area contributed by atoms with Gasteiger partial charge in [-0.3, -0.25) is 9.48 Å². The number of likely N-dealkylation sites (N-methyl/N-ethyl adjacent to an activating group) is 2. The highest BCUT2D eigenvalue weighted by molar-refractivity contribution is 14.1. The quantitative estimate of drug-likeness (QED) is 0.101. The lowest BCUT2D eigenvalue weighted by Crippen LogP contribution is -2.62. The van der Waals surface area contributed by atoms with Crippen LogP contribution in [0.4, 0.5) is 0 Å². The van der Waals surface area contributed by atoms with Crippen molar-refractivity contribution in [2.45, 2.75) is 198 Å². The first-order chi connectivity index (χ1) is 31.8. The summed E-state index contributed by atoms with van der Waals surface area (Å²) in [5, 5.41) is 68.7. The van der Waals surface area contributed by atoms with Crippen molar-refractivity contribution in [1.82, 2.24) is 24.8 Å². The van der Waals surface area contributed by atoms with Gasteiger partial charge in [0.1, 0.15) is 35.8 Å². The first-order valence-electron chi connectivity index (χ1n) is 24.7. The topological polar surface area (TPSA) is 211 Å². The lowest BCUT2D eigenvalue weighted by Gasteiger charge is -2.51. The van der Waals surface area contributed by atoms with Crippen LogP contribution in [-0.4, -0.2) is 181 Å². The molecule has 0 saturated carbocycles. The second kappa shape index (κ2) is 24.1. The monoisotopic (exact) mass is 1070 g/mol. The average molecular weight is 1070 g/mol. The molecule has 18 heteroatoms. The molecule has 1 unspecified atom stereocenters. The fourth-order valence-corrected chi connectivity index (χ4v) is 11.5. The molecule has 0 radical (unpaired) electrons. The number of carbonyl (C=O) groups excluding carboxylic acids is 1. The summed E-state index contributed by atoms with van der Waals surface area (Å²) in [5.74, 6) is -2.25. The Balaban J connectivity index is 1.41. The van der Waals surface area contributed by atoms with Gasteiger partial charge in [0, 0.05) is 73.8 Å². The van der Waals surface area contributed by atoms with Crippen molar-refractivity contribution in [3.63, 3.8) is 0 Å². The summed E-state index contributed by atoms with van der Waals surface area (Å²) >= 11 is 2.27. The maximum Gasteiger partial charge on any atom is 0.309 e. The summed E-state index contributed by atoms with van der Waals surface area (Å²) in [6, 6.07) is 7.02. The van der Waals surface area contributed by atoms with Crippen molar-refractivity contribution >= 4 is 28.6 Å². The van der Waals surface area contributed by atoms with Gasteiger partial charge in [0.25, 0.3) is 0 Å². The highest BCUT2D eigenvalue weighted by atomic mass is 127. The first-order valence-corrected chi connectivity index (χ1v) is 25.8. The number of aliphatic hydroxyl groups is 5. The zero-order chi connectivity index (χ0) is 50.5. The molecule has 0 bridgehead atoms. The van der Waals surface area contributed by atoms with Crippen molar-refractivity contribution in [3.05, 3.63) is 39.7 Å². The molecule has 3 fully saturated rings. The smallest absolute Gasteiger partial charge is 0.309 e. The molecule has 0 aliphatic carbocycles. The molecule has 5 N–H and O–H groups in total. The number of cyclic esters (lactones) is 1. The van der Waals surface area contributed by atoms with Gasteiger partial charge in [-0.15, -0.1) is 5.10 Å². The molecule has 4 heterocycles. The van der Waals surface area contributed by atoms with Crippen molar-refractivity contribution < 1.29 is 58.7 Å². The van der Waals surface area contributed by atoms with E-state index in [1.807, 2.05) is 88.8 Å². The van der Waals surface area contributed by atoms with Crippen molar-refractivity contribution in [1.29, 1.82) is 0 Å². The number of hydrogen-bond acceptors (Lipinski definition) is 16. The number of halogens is 1. The first kappa shape index (κ1) is 56.8. The summed E-state index contributed by atoms with van der Waals surface area (Å²) in [6.45, 7) is 20.2. The maximum absolute atomic E-state index is 14.6. The summed E-state index contributed by atoms with van der Waals surface area (Å²) in [5.41, 5.74) is -3.60. The number of methoxy groups -OCH3 is 1. The molecule has 5 rings (SSSR count). The van der Waals surface area contributed by atoms with Gasteiger partial charge in [0.15, 0.2) is 6.29 Å². The predicted octanol–water partition coefficient (Wildman–Crippen LogP) is 4.45. The van der Waals surface area contributed by atoms with Crippen molar-refractivity contribution in [2.24, 2.45) is 23.7 Å². The van der Waals surface area contributed by atoms with E-state index < -0.39 is 95.6 Å². The third-order valence-corrected chi connectivity index (χ3v) is 16.1. The molecule has 1 aromatic carbocycles. The van der Waals surface area contributed by atoms with Crippen LogP contribution in [0.15, 0.2) is 30.5 Å². The number of aliphatic hydroxyl groups excluding tert-OH is 3. The molecule has 388 valence electrons. The van der Waals surface area contributed by atoms with Crippen molar-refractivity contribution in [2.75, 3.05) is 40.9 Å². The summed E-state index contributed by atoms with van der Waals surface area (Å²) in [7, 11) is 5.35. The fraction of sp³-hybridized carbons (Fsp3) is 0.820. The zero-order valence-corrected chi connectivity index (χ0v) is 45.0. The minimum Gasteiger partial charge on any atom is -0.494 e. The molecule has 1 aromatic heterocycles. The highest BCUT2D eigenvalue weighted by Crippen LogP contribution is 2.45. The molecule has 3 aliphatic heterocycles. The summed E-state index contributed by atoms with van der Waals surface area (Å²) < 4.78 is 41.0. The van der Waals surface area contributed by atoms with Crippen LogP contribution in [0.2, 0.25) is 0 Å². The normalized spacial score (nSPS) is 40.6. The molecule has 0 amide bonds. The number of hydrogen-bond donors (Lipinski definition) is 5. The second-order valence-corrected chi connectivity index (χ2v) is 22.4. The molecule has 17 nitrogen and oxygen atoms in total. The molecule has 3 saturated heterocycles. The van der Waals surface area contributed by atoms with Gasteiger partial charge in [-0.1, -0.05) is 32.9 Å². The van der Waals surface area contributed by atoms with Crippen LogP contribution in [-0.2, 0) is 41.4 Å². The van der Waals surface area contributed by atoms with Crippen LogP contribution >= 0.6 is 22.6 Å². The Morgan fingerprint density at radius 2 is 1.66 bits per heavy atom.